The zero-order chi connectivity index (χ0) is 14.2. The van der Waals surface area contributed by atoms with Gasteiger partial charge in [-0.1, -0.05) is 24.3 Å². The van der Waals surface area contributed by atoms with Gasteiger partial charge in [-0.15, -0.1) is 0 Å². The van der Waals surface area contributed by atoms with E-state index in [4.69, 9.17) is 0 Å². The molecule has 1 aliphatic rings. The second kappa shape index (κ2) is 4.67. The van der Waals surface area contributed by atoms with E-state index in [1.54, 1.807) is 11.2 Å². The molecule has 5 heteroatoms. The van der Waals surface area contributed by atoms with Gasteiger partial charge in [0.25, 0.3) is 0 Å². The van der Waals surface area contributed by atoms with Crippen molar-refractivity contribution in [3.8, 4) is 0 Å². The Balaban J connectivity index is 1.85. The van der Waals surface area contributed by atoms with Crippen molar-refractivity contribution in [3.05, 3.63) is 65.2 Å². The molecule has 2 aromatic carbocycles. The summed E-state index contributed by atoms with van der Waals surface area (Å²) in [6.45, 7) is 0.554. The van der Waals surface area contributed by atoms with Crippen LogP contribution in [0.4, 0.5) is 18.9 Å². The lowest BCUT2D eigenvalue weighted by Crippen LogP contribution is -2.21. The van der Waals surface area contributed by atoms with Crippen LogP contribution < -0.4 is 5.01 Å². The normalized spacial score (nSPS) is 14.2. The molecule has 3 rings (SSSR count). The van der Waals surface area contributed by atoms with Crippen LogP contribution in [0.15, 0.2) is 53.6 Å². The van der Waals surface area contributed by atoms with Gasteiger partial charge in [-0.2, -0.15) is 18.3 Å². The maximum Gasteiger partial charge on any atom is 0.416 e. The highest BCUT2D eigenvalue weighted by Crippen LogP contribution is 2.31. The molecule has 1 aliphatic heterocycles. The Morgan fingerprint density at radius 1 is 0.950 bits per heavy atom. The van der Waals surface area contributed by atoms with Gasteiger partial charge in [-0.3, -0.25) is 5.01 Å². The van der Waals surface area contributed by atoms with Crippen molar-refractivity contribution < 1.29 is 13.2 Å². The molecule has 1 heterocycles. The SMILES string of the molecule is FC(F)(F)c1ccc(N2Cc3ccccc3C=N2)cc1. The standard InChI is InChI=1S/C15H11F3N2/c16-15(17,18)13-5-7-14(8-6-13)20-10-12-4-2-1-3-11(12)9-19-20/h1-9H,10H2. The summed E-state index contributed by atoms with van der Waals surface area (Å²) in [5.74, 6) is 0. The van der Waals surface area contributed by atoms with Gasteiger partial charge in [0.2, 0.25) is 0 Å². The van der Waals surface area contributed by atoms with Crippen molar-refractivity contribution in [1.29, 1.82) is 0 Å². The predicted molar refractivity (Wildman–Crippen MR) is 71.7 cm³/mol. The van der Waals surface area contributed by atoms with Gasteiger partial charge in [-0.25, -0.2) is 0 Å². The van der Waals surface area contributed by atoms with Crippen molar-refractivity contribution >= 4 is 11.9 Å². The lowest BCUT2D eigenvalue weighted by molar-refractivity contribution is -0.137. The first-order valence-corrected chi connectivity index (χ1v) is 6.11. The van der Waals surface area contributed by atoms with Crippen LogP contribution in [-0.4, -0.2) is 6.21 Å². The smallest absolute Gasteiger partial charge is 0.261 e. The van der Waals surface area contributed by atoms with E-state index in [0.717, 1.165) is 23.3 Å². The maximum atomic E-state index is 12.5. The molecule has 0 fully saturated rings. The number of benzene rings is 2. The number of nitrogens with zero attached hydrogens (tertiary/aromatic N) is 2. The number of hydrogen-bond donors (Lipinski definition) is 0. The molecule has 20 heavy (non-hydrogen) atoms. The van der Waals surface area contributed by atoms with Gasteiger partial charge >= 0.3 is 6.18 Å². The molecule has 0 aromatic heterocycles. The predicted octanol–water partition coefficient (Wildman–Crippen LogP) is 4.06. The molecular formula is C15H11F3N2. The molecule has 2 aromatic rings. The van der Waals surface area contributed by atoms with Crippen molar-refractivity contribution in [1.82, 2.24) is 0 Å². The summed E-state index contributed by atoms with van der Waals surface area (Å²) in [5.41, 5.74) is 2.13. The summed E-state index contributed by atoms with van der Waals surface area (Å²) < 4.78 is 37.5. The van der Waals surface area contributed by atoms with Crippen molar-refractivity contribution in [2.45, 2.75) is 12.7 Å². The molecule has 0 saturated carbocycles. The topological polar surface area (TPSA) is 15.6 Å². The van der Waals surface area contributed by atoms with Crippen molar-refractivity contribution in [3.63, 3.8) is 0 Å². The lowest BCUT2D eigenvalue weighted by atomic mass is 10.1. The summed E-state index contributed by atoms with van der Waals surface area (Å²) in [5, 5.41) is 5.94. The number of alkyl halides is 3. The molecule has 0 saturated heterocycles. The summed E-state index contributed by atoms with van der Waals surface area (Å²) in [7, 11) is 0. The zero-order valence-electron chi connectivity index (χ0n) is 10.4. The van der Waals surface area contributed by atoms with E-state index in [9.17, 15) is 13.2 Å². The Hall–Kier alpha value is -2.30. The molecule has 0 spiro atoms. The molecule has 0 aliphatic carbocycles. The summed E-state index contributed by atoms with van der Waals surface area (Å²) in [6.07, 6.45) is -2.59. The van der Waals surface area contributed by atoms with Gasteiger partial charge in [-0.05, 0) is 35.4 Å². The molecule has 0 N–H and O–H groups in total. The fourth-order valence-corrected chi connectivity index (χ4v) is 2.12. The van der Waals surface area contributed by atoms with Crippen LogP contribution in [0.1, 0.15) is 16.7 Å². The van der Waals surface area contributed by atoms with Crippen molar-refractivity contribution in [2.24, 2.45) is 5.10 Å². The van der Waals surface area contributed by atoms with E-state index >= 15 is 0 Å². The van der Waals surface area contributed by atoms with Crippen LogP contribution >= 0.6 is 0 Å². The lowest BCUT2D eigenvalue weighted by Gasteiger charge is -2.24. The van der Waals surface area contributed by atoms with Gasteiger partial charge in [0.15, 0.2) is 0 Å². The monoisotopic (exact) mass is 276 g/mol. The highest BCUT2D eigenvalue weighted by molar-refractivity contribution is 5.84. The third-order valence-electron chi connectivity index (χ3n) is 3.20. The van der Waals surface area contributed by atoms with E-state index in [0.29, 0.717) is 12.2 Å². The molecule has 2 nitrogen and oxygen atoms in total. The molecule has 0 unspecified atom stereocenters. The first-order valence-electron chi connectivity index (χ1n) is 6.11. The summed E-state index contributed by atoms with van der Waals surface area (Å²) >= 11 is 0. The maximum absolute atomic E-state index is 12.5. The average molecular weight is 276 g/mol. The minimum absolute atomic E-state index is 0.554. The van der Waals surface area contributed by atoms with E-state index < -0.39 is 11.7 Å². The van der Waals surface area contributed by atoms with Crippen LogP contribution in [0.5, 0.6) is 0 Å². The second-order valence-corrected chi connectivity index (χ2v) is 4.55. The first-order chi connectivity index (χ1) is 9.54. The summed E-state index contributed by atoms with van der Waals surface area (Å²) in [6, 6.07) is 12.8. The van der Waals surface area contributed by atoms with Crippen LogP contribution in [0, 0.1) is 0 Å². The Kier molecular flexibility index (Phi) is 2.97. The molecule has 0 radical (unpaired) electrons. The Morgan fingerprint density at radius 3 is 2.35 bits per heavy atom. The number of halogens is 3. The zero-order valence-corrected chi connectivity index (χ0v) is 10.4. The minimum Gasteiger partial charge on any atom is -0.261 e. The number of rotatable bonds is 1. The van der Waals surface area contributed by atoms with Crippen LogP contribution in [0.2, 0.25) is 0 Å². The van der Waals surface area contributed by atoms with Gasteiger partial charge in [0.1, 0.15) is 0 Å². The van der Waals surface area contributed by atoms with E-state index in [2.05, 4.69) is 5.10 Å². The van der Waals surface area contributed by atoms with E-state index in [-0.39, 0.29) is 0 Å². The third-order valence-corrected chi connectivity index (χ3v) is 3.20. The highest BCUT2D eigenvalue weighted by atomic mass is 19.4. The fraction of sp³-hybridized carbons (Fsp3) is 0.133. The molecule has 102 valence electrons. The highest BCUT2D eigenvalue weighted by Gasteiger charge is 2.30. The number of hydrazone groups is 1. The largest absolute Gasteiger partial charge is 0.416 e. The van der Waals surface area contributed by atoms with Crippen LogP contribution in [0.25, 0.3) is 0 Å². The second-order valence-electron chi connectivity index (χ2n) is 4.55. The Bertz CT molecular complexity index is 645. The molecular weight excluding hydrogens is 265 g/mol. The van der Waals surface area contributed by atoms with E-state index in [1.165, 1.54) is 12.1 Å². The van der Waals surface area contributed by atoms with E-state index in [1.807, 2.05) is 24.3 Å². The Labute approximate surface area is 114 Å². The van der Waals surface area contributed by atoms with Gasteiger partial charge < -0.3 is 0 Å². The first kappa shape index (κ1) is 12.7. The fourth-order valence-electron chi connectivity index (χ4n) is 2.12. The average Bonchev–Trinajstić information content (AvgIpc) is 2.46. The molecule has 0 bridgehead atoms. The molecule has 0 atom stereocenters. The minimum atomic E-state index is -4.31. The Morgan fingerprint density at radius 2 is 1.65 bits per heavy atom. The number of hydrogen-bond acceptors (Lipinski definition) is 2. The number of anilines is 1. The summed E-state index contributed by atoms with van der Waals surface area (Å²) in [4.78, 5) is 0. The van der Waals surface area contributed by atoms with Crippen molar-refractivity contribution in [2.75, 3.05) is 5.01 Å². The molecule has 0 amide bonds. The van der Waals surface area contributed by atoms with Crippen LogP contribution in [-0.2, 0) is 12.7 Å². The third kappa shape index (κ3) is 2.39. The number of fused-ring (bicyclic) bond motifs is 1. The quantitative estimate of drug-likeness (QED) is 0.767. The van der Waals surface area contributed by atoms with Crippen LogP contribution in [0.3, 0.4) is 0 Å². The van der Waals surface area contributed by atoms with Gasteiger partial charge in [0, 0.05) is 0 Å². The van der Waals surface area contributed by atoms with Gasteiger partial charge in [0.05, 0.1) is 24.0 Å².